The summed E-state index contributed by atoms with van der Waals surface area (Å²) in [6.45, 7) is 1.36. The SMILES string of the molecule is COC(=O)Cn1c(=O)oc2cc(S(=O)(=O)N3CCN(c4cccc(OC)c4)CC3)ccc21. The highest BCUT2D eigenvalue weighted by molar-refractivity contribution is 7.89. The maximum Gasteiger partial charge on any atom is 0.420 e. The number of esters is 1. The van der Waals surface area contributed by atoms with Crippen LogP contribution in [0.4, 0.5) is 5.69 Å². The van der Waals surface area contributed by atoms with Gasteiger partial charge in [-0.2, -0.15) is 4.31 Å². The molecule has 1 saturated heterocycles. The van der Waals surface area contributed by atoms with Crippen LogP contribution in [0.3, 0.4) is 0 Å². The second-order valence-electron chi connectivity index (χ2n) is 7.25. The van der Waals surface area contributed by atoms with E-state index in [0.717, 1.165) is 16.0 Å². The molecule has 1 aliphatic rings. The molecule has 0 atom stereocenters. The molecule has 3 aromatic rings. The topological polar surface area (TPSA) is 111 Å². The Bertz CT molecular complexity index is 1300. The van der Waals surface area contributed by atoms with E-state index in [1.807, 2.05) is 24.3 Å². The fraction of sp³-hybridized carbons (Fsp3) is 0.333. The fourth-order valence-corrected chi connectivity index (χ4v) is 5.13. The summed E-state index contributed by atoms with van der Waals surface area (Å²) in [5, 5.41) is 0. The Balaban J connectivity index is 1.53. The van der Waals surface area contributed by atoms with Crippen molar-refractivity contribution < 1.29 is 27.1 Å². The minimum absolute atomic E-state index is 0.0267. The zero-order valence-electron chi connectivity index (χ0n) is 17.7. The highest BCUT2D eigenvalue weighted by Crippen LogP contribution is 2.26. The van der Waals surface area contributed by atoms with Crippen LogP contribution in [0.15, 0.2) is 56.6 Å². The van der Waals surface area contributed by atoms with Crippen LogP contribution in [-0.4, -0.2) is 63.7 Å². The molecule has 0 saturated carbocycles. The summed E-state index contributed by atoms with van der Waals surface area (Å²) in [4.78, 5) is 25.7. The maximum atomic E-state index is 13.2. The Hall–Kier alpha value is -3.31. The summed E-state index contributed by atoms with van der Waals surface area (Å²) < 4.78 is 43.9. The van der Waals surface area contributed by atoms with Crippen molar-refractivity contribution in [1.29, 1.82) is 0 Å². The highest BCUT2D eigenvalue weighted by Gasteiger charge is 2.29. The Morgan fingerprint density at radius 1 is 1.06 bits per heavy atom. The Morgan fingerprint density at radius 3 is 2.50 bits per heavy atom. The van der Waals surface area contributed by atoms with Gasteiger partial charge in [-0.25, -0.2) is 13.2 Å². The first-order valence-electron chi connectivity index (χ1n) is 9.93. The molecule has 2 heterocycles. The molecule has 0 amide bonds. The summed E-state index contributed by atoms with van der Waals surface area (Å²) >= 11 is 0. The van der Waals surface area contributed by atoms with E-state index in [1.165, 1.54) is 29.6 Å². The molecule has 0 radical (unpaired) electrons. The van der Waals surface area contributed by atoms with Crippen LogP contribution in [0.25, 0.3) is 11.1 Å². The van der Waals surface area contributed by atoms with Gasteiger partial charge in [0.15, 0.2) is 5.58 Å². The van der Waals surface area contributed by atoms with Crippen molar-refractivity contribution in [2.24, 2.45) is 0 Å². The number of ether oxygens (including phenoxy) is 2. The number of hydrogen-bond donors (Lipinski definition) is 0. The average Bonchev–Trinajstić information content (AvgIpc) is 3.13. The third-order valence-electron chi connectivity index (χ3n) is 5.45. The van der Waals surface area contributed by atoms with E-state index in [0.29, 0.717) is 31.7 Å². The van der Waals surface area contributed by atoms with Crippen molar-refractivity contribution in [3.8, 4) is 5.75 Å². The van der Waals surface area contributed by atoms with Gasteiger partial charge in [-0.15, -0.1) is 0 Å². The van der Waals surface area contributed by atoms with Crippen molar-refractivity contribution in [2.75, 3.05) is 45.3 Å². The molecule has 32 heavy (non-hydrogen) atoms. The van der Waals surface area contributed by atoms with Crippen LogP contribution in [0.2, 0.25) is 0 Å². The average molecular weight is 461 g/mol. The number of carbonyl (C=O) groups excluding carboxylic acids is 1. The summed E-state index contributed by atoms with van der Waals surface area (Å²) in [7, 11) is -0.964. The number of benzene rings is 2. The van der Waals surface area contributed by atoms with Gasteiger partial charge in [0.05, 0.1) is 24.6 Å². The summed E-state index contributed by atoms with van der Waals surface area (Å²) in [5.74, 6) is -0.626. The lowest BCUT2D eigenvalue weighted by Crippen LogP contribution is -2.48. The molecule has 0 unspecified atom stereocenters. The molecular weight excluding hydrogens is 438 g/mol. The number of oxazole rings is 1. The van der Waals surface area contributed by atoms with Crippen LogP contribution in [0, 0.1) is 0 Å². The molecule has 170 valence electrons. The molecule has 1 aromatic heterocycles. The van der Waals surface area contributed by atoms with Crippen molar-refractivity contribution in [1.82, 2.24) is 8.87 Å². The molecule has 11 heteroatoms. The molecule has 0 N–H and O–H groups in total. The lowest BCUT2D eigenvalue weighted by Gasteiger charge is -2.35. The molecule has 1 aliphatic heterocycles. The van der Waals surface area contributed by atoms with Crippen molar-refractivity contribution in [2.45, 2.75) is 11.4 Å². The highest BCUT2D eigenvalue weighted by atomic mass is 32.2. The fourth-order valence-electron chi connectivity index (χ4n) is 3.69. The van der Waals surface area contributed by atoms with Crippen molar-refractivity contribution >= 4 is 32.8 Å². The summed E-state index contributed by atoms with van der Waals surface area (Å²) in [6.07, 6.45) is 0. The monoisotopic (exact) mass is 461 g/mol. The molecule has 0 aliphatic carbocycles. The van der Waals surface area contributed by atoms with Crippen LogP contribution < -0.4 is 15.4 Å². The first kappa shape index (κ1) is 21.9. The lowest BCUT2D eigenvalue weighted by molar-refractivity contribution is -0.141. The maximum absolute atomic E-state index is 13.2. The standard InChI is InChI=1S/C21H23N3O7S/c1-29-16-5-3-4-15(12-16)22-8-10-23(11-9-22)32(27,28)17-6-7-18-19(13-17)31-21(26)24(18)14-20(25)30-2/h3-7,12-13H,8-11,14H2,1-2H3. The summed E-state index contributed by atoms with van der Waals surface area (Å²) in [6, 6.07) is 11.8. The number of sulfonamides is 1. The zero-order chi connectivity index (χ0) is 22.9. The molecule has 0 spiro atoms. The Kier molecular flexibility index (Phi) is 5.94. The smallest absolute Gasteiger partial charge is 0.420 e. The third-order valence-corrected chi connectivity index (χ3v) is 7.34. The predicted octanol–water partition coefficient (Wildman–Crippen LogP) is 1.29. The molecule has 0 bridgehead atoms. The number of rotatable bonds is 6. The Morgan fingerprint density at radius 2 is 1.81 bits per heavy atom. The lowest BCUT2D eigenvalue weighted by atomic mass is 10.2. The number of nitrogens with zero attached hydrogens (tertiary/aromatic N) is 3. The Labute approximate surface area is 184 Å². The van der Waals surface area contributed by atoms with Crippen molar-refractivity contribution in [3.63, 3.8) is 0 Å². The first-order chi connectivity index (χ1) is 15.3. The molecule has 2 aromatic carbocycles. The van der Waals surface area contributed by atoms with Gasteiger partial charge in [-0.1, -0.05) is 6.07 Å². The number of hydrogen-bond acceptors (Lipinski definition) is 8. The number of methoxy groups -OCH3 is 2. The number of aromatic nitrogens is 1. The zero-order valence-corrected chi connectivity index (χ0v) is 18.5. The number of piperazine rings is 1. The molecule has 10 nitrogen and oxygen atoms in total. The van der Waals surface area contributed by atoms with Gasteiger partial charge in [0, 0.05) is 44.0 Å². The number of anilines is 1. The second-order valence-corrected chi connectivity index (χ2v) is 9.19. The van der Waals surface area contributed by atoms with E-state index in [1.54, 1.807) is 7.11 Å². The number of fused-ring (bicyclic) bond motifs is 1. The van der Waals surface area contributed by atoms with Gasteiger partial charge in [-0.3, -0.25) is 9.36 Å². The van der Waals surface area contributed by atoms with Crippen LogP contribution in [-0.2, 0) is 26.1 Å². The second kappa shape index (κ2) is 8.67. The van der Waals surface area contributed by atoms with E-state index in [2.05, 4.69) is 9.64 Å². The van der Waals surface area contributed by atoms with Gasteiger partial charge in [0.1, 0.15) is 12.3 Å². The minimum Gasteiger partial charge on any atom is -0.497 e. The normalized spacial score (nSPS) is 15.1. The molecule has 4 rings (SSSR count). The van der Waals surface area contributed by atoms with Gasteiger partial charge in [0.25, 0.3) is 0 Å². The quantitative estimate of drug-likeness (QED) is 0.505. The third kappa shape index (κ3) is 4.08. The van der Waals surface area contributed by atoms with Crippen LogP contribution in [0.1, 0.15) is 0 Å². The van der Waals surface area contributed by atoms with Gasteiger partial charge < -0.3 is 18.8 Å². The van der Waals surface area contributed by atoms with Crippen LogP contribution in [0.5, 0.6) is 5.75 Å². The van der Waals surface area contributed by atoms with Gasteiger partial charge in [0.2, 0.25) is 10.0 Å². The largest absolute Gasteiger partial charge is 0.497 e. The van der Waals surface area contributed by atoms with Crippen LogP contribution >= 0.6 is 0 Å². The predicted molar refractivity (Wildman–Crippen MR) is 116 cm³/mol. The van der Waals surface area contributed by atoms with E-state index < -0.39 is 21.7 Å². The van der Waals surface area contributed by atoms with Crippen molar-refractivity contribution in [3.05, 3.63) is 53.0 Å². The van der Waals surface area contributed by atoms with E-state index >= 15 is 0 Å². The minimum atomic E-state index is -3.78. The first-order valence-corrected chi connectivity index (χ1v) is 11.4. The molecule has 1 fully saturated rings. The van der Waals surface area contributed by atoms with E-state index in [4.69, 9.17) is 9.15 Å². The molecular formula is C21H23N3O7S. The number of carbonyl (C=O) groups is 1. The van der Waals surface area contributed by atoms with Gasteiger partial charge in [-0.05, 0) is 24.3 Å². The summed E-state index contributed by atoms with van der Waals surface area (Å²) in [5.41, 5.74) is 1.38. The van der Waals surface area contributed by atoms with E-state index in [9.17, 15) is 18.0 Å². The van der Waals surface area contributed by atoms with Gasteiger partial charge >= 0.3 is 11.7 Å². The van der Waals surface area contributed by atoms with E-state index in [-0.39, 0.29) is 17.0 Å².